The molecule has 152 valence electrons. The second-order valence-electron chi connectivity index (χ2n) is 8.54. The quantitative estimate of drug-likeness (QED) is 0.241. The van der Waals surface area contributed by atoms with Gasteiger partial charge in [-0.15, -0.1) is 0 Å². The number of hydrogen-bond acceptors (Lipinski definition) is 4. The van der Waals surface area contributed by atoms with Crippen LogP contribution in [0.5, 0.6) is 0 Å². The highest BCUT2D eigenvalue weighted by Gasteiger charge is 2.46. The minimum absolute atomic E-state index is 0.189. The lowest BCUT2D eigenvalue weighted by molar-refractivity contribution is -0.270. The molecule has 0 radical (unpaired) electrons. The fourth-order valence-corrected chi connectivity index (χ4v) is 3.91. The zero-order chi connectivity index (χ0) is 19.4. The van der Waals surface area contributed by atoms with Gasteiger partial charge in [0.1, 0.15) is 0 Å². The zero-order valence-electron chi connectivity index (χ0n) is 17.5. The third kappa shape index (κ3) is 7.67. The molecule has 0 saturated heterocycles. The Kier molecular flexibility index (Phi) is 10.9. The topological polar surface area (TPSA) is 52.6 Å². The standard InChI is InChI=1S/C22H40O4/c1-5-6-7-8-9-10-11-12-13-20(23)25-26-21(24)22(18(2)3)16-14-19(4)15-17-22/h18-19H,5-17H2,1-4H3. The van der Waals surface area contributed by atoms with Gasteiger partial charge in [-0.3, -0.25) is 0 Å². The minimum atomic E-state index is -0.495. The Morgan fingerprint density at radius 2 is 1.46 bits per heavy atom. The SMILES string of the molecule is CCCCCCCCCCC(=O)OOC(=O)C1(C(C)C)CCC(C)CC1. The van der Waals surface area contributed by atoms with Crippen LogP contribution in [0.4, 0.5) is 0 Å². The first kappa shape index (κ1) is 23.0. The zero-order valence-corrected chi connectivity index (χ0v) is 17.5. The maximum absolute atomic E-state index is 12.6. The summed E-state index contributed by atoms with van der Waals surface area (Å²) in [5.74, 6) is 0.0594. The van der Waals surface area contributed by atoms with Crippen LogP contribution in [0.2, 0.25) is 0 Å². The maximum atomic E-state index is 12.6. The Hall–Kier alpha value is -1.06. The van der Waals surface area contributed by atoms with Crippen molar-refractivity contribution in [3.8, 4) is 0 Å². The summed E-state index contributed by atoms with van der Waals surface area (Å²) in [5.41, 5.74) is -0.495. The van der Waals surface area contributed by atoms with Crippen molar-refractivity contribution in [2.24, 2.45) is 17.3 Å². The van der Waals surface area contributed by atoms with E-state index in [1.165, 1.54) is 32.1 Å². The second kappa shape index (κ2) is 12.3. The lowest BCUT2D eigenvalue weighted by atomic mass is 9.65. The fourth-order valence-electron chi connectivity index (χ4n) is 3.91. The van der Waals surface area contributed by atoms with Crippen LogP contribution < -0.4 is 0 Å². The molecule has 4 heteroatoms. The van der Waals surface area contributed by atoms with Crippen LogP contribution in [-0.2, 0) is 19.4 Å². The molecule has 0 atom stereocenters. The maximum Gasteiger partial charge on any atom is 0.361 e. The largest absolute Gasteiger partial charge is 0.361 e. The van der Waals surface area contributed by atoms with E-state index >= 15 is 0 Å². The van der Waals surface area contributed by atoms with E-state index in [1.807, 2.05) is 0 Å². The van der Waals surface area contributed by atoms with Crippen LogP contribution in [0.3, 0.4) is 0 Å². The van der Waals surface area contributed by atoms with Gasteiger partial charge in [0.2, 0.25) is 0 Å². The van der Waals surface area contributed by atoms with E-state index in [9.17, 15) is 9.59 Å². The molecular formula is C22H40O4. The Morgan fingerprint density at radius 1 is 0.923 bits per heavy atom. The molecule has 1 aliphatic rings. The van der Waals surface area contributed by atoms with E-state index in [4.69, 9.17) is 9.78 Å². The van der Waals surface area contributed by atoms with Crippen LogP contribution in [-0.4, -0.2) is 11.9 Å². The molecule has 1 saturated carbocycles. The summed E-state index contributed by atoms with van der Waals surface area (Å²) in [4.78, 5) is 34.2. The molecule has 0 aliphatic heterocycles. The number of unbranched alkanes of at least 4 members (excludes halogenated alkanes) is 7. The van der Waals surface area contributed by atoms with Crippen molar-refractivity contribution in [1.29, 1.82) is 0 Å². The van der Waals surface area contributed by atoms with Gasteiger partial charge in [-0.2, -0.15) is 0 Å². The summed E-state index contributed by atoms with van der Waals surface area (Å²) in [7, 11) is 0. The summed E-state index contributed by atoms with van der Waals surface area (Å²) < 4.78 is 0. The van der Waals surface area contributed by atoms with E-state index in [-0.39, 0.29) is 11.9 Å². The predicted molar refractivity (Wildman–Crippen MR) is 104 cm³/mol. The number of carbonyl (C=O) groups excluding carboxylic acids is 2. The van der Waals surface area contributed by atoms with Crippen LogP contribution in [0, 0.1) is 17.3 Å². The van der Waals surface area contributed by atoms with E-state index in [0.29, 0.717) is 12.3 Å². The van der Waals surface area contributed by atoms with Gasteiger partial charge in [-0.05, 0) is 43.9 Å². The molecule has 26 heavy (non-hydrogen) atoms. The Morgan fingerprint density at radius 3 is 2.00 bits per heavy atom. The van der Waals surface area contributed by atoms with E-state index < -0.39 is 11.4 Å². The van der Waals surface area contributed by atoms with Crippen molar-refractivity contribution >= 4 is 11.9 Å². The Balaban J connectivity index is 2.21. The monoisotopic (exact) mass is 368 g/mol. The van der Waals surface area contributed by atoms with Gasteiger partial charge < -0.3 is 0 Å². The first-order valence-corrected chi connectivity index (χ1v) is 10.8. The van der Waals surface area contributed by atoms with Crippen molar-refractivity contribution in [2.45, 2.75) is 111 Å². The van der Waals surface area contributed by atoms with Crippen molar-refractivity contribution in [3.05, 3.63) is 0 Å². The molecule has 1 fully saturated rings. The Labute approximate surface area is 160 Å². The summed E-state index contributed by atoms with van der Waals surface area (Å²) in [6.45, 7) is 8.55. The van der Waals surface area contributed by atoms with E-state index in [0.717, 1.165) is 44.9 Å². The summed E-state index contributed by atoms with van der Waals surface area (Å²) in [6.07, 6.45) is 13.4. The van der Waals surface area contributed by atoms with Gasteiger partial charge in [0.05, 0.1) is 11.8 Å². The summed E-state index contributed by atoms with van der Waals surface area (Å²) in [5, 5.41) is 0. The minimum Gasteiger partial charge on any atom is -0.247 e. The van der Waals surface area contributed by atoms with Crippen LogP contribution >= 0.6 is 0 Å². The molecule has 0 aromatic carbocycles. The summed E-state index contributed by atoms with van der Waals surface area (Å²) in [6, 6.07) is 0. The van der Waals surface area contributed by atoms with Gasteiger partial charge >= 0.3 is 11.9 Å². The van der Waals surface area contributed by atoms with Gasteiger partial charge in [-0.1, -0.05) is 72.6 Å². The first-order valence-electron chi connectivity index (χ1n) is 10.8. The molecule has 0 heterocycles. The molecule has 0 amide bonds. The average Bonchev–Trinajstić information content (AvgIpc) is 2.62. The normalized spacial score (nSPS) is 23.0. The van der Waals surface area contributed by atoms with Crippen LogP contribution in [0.25, 0.3) is 0 Å². The lowest BCUT2D eigenvalue weighted by Gasteiger charge is -2.39. The van der Waals surface area contributed by atoms with Crippen molar-refractivity contribution in [3.63, 3.8) is 0 Å². The molecule has 1 rings (SSSR count). The van der Waals surface area contributed by atoms with Crippen molar-refractivity contribution in [2.75, 3.05) is 0 Å². The fraction of sp³-hybridized carbons (Fsp3) is 0.909. The molecule has 0 bridgehead atoms. The first-order chi connectivity index (χ1) is 12.4. The molecule has 1 aliphatic carbocycles. The average molecular weight is 369 g/mol. The summed E-state index contributed by atoms with van der Waals surface area (Å²) >= 11 is 0. The van der Waals surface area contributed by atoms with Crippen LogP contribution in [0.1, 0.15) is 111 Å². The Bertz CT molecular complexity index is 408. The molecule has 0 aromatic heterocycles. The highest BCUT2D eigenvalue weighted by atomic mass is 17.2. The smallest absolute Gasteiger partial charge is 0.247 e. The van der Waals surface area contributed by atoms with Gasteiger partial charge in [-0.25, -0.2) is 19.4 Å². The molecule has 0 unspecified atom stereocenters. The lowest BCUT2D eigenvalue weighted by Crippen LogP contribution is -2.41. The number of hydrogen-bond donors (Lipinski definition) is 0. The van der Waals surface area contributed by atoms with E-state index in [1.54, 1.807) is 0 Å². The van der Waals surface area contributed by atoms with Gasteiger partial charge in [0, 0.05) is 0 Å². The second-order valence-corrected chi connectivity index (χ2v) is 8.54. The van der Waals surface area contributed by atoms with Crippen LogP contribution in [0.15, 0.2) is 0 Å². The molecule has 4 nitrogen and oxygen atoms in total. The molecular weight excluding hydrogens is 328 g/mol. The third-order valence-corrected chi connectivity index (χ3v) is 6.12. The third-order valence-electron chi connectivity index (χ3n) is 6.12. The number of rotatable bonds is 11. The molecule has 0 spiro atoms. The van der Waals surface area contributed by atoms with Crippen molar-refractivity contribution in [1.82, 2.24) is 0 Å². The van der Waals surface area contributed by atoms with Gasteiger partial charge in [0.15, 0.2) is 0 Å². The highest BCUT2D eigenvalue weighted by molar-refractivity contribution is 5.78. The van der Waals surface area contributed by atoms with Crippen molar-refractivity contribution < 1.29 is 19.4 Å². The predicted octanol–water partition coefficient (Wildman–Crippen LogP) is 6.37. The highest BCUT2D eigenvalue weighted by Crippen LogP contribution is 2.45. The molecule has 0 aromatic rings. The molecule has 0 N–H and O–H groups in total. The number of carbonyl (C=O) groups is 2. The van der Waals surface area contributed by atoms with Gasteiger partial charge in [0.25, 0.3) is 0 Å². The van der Waals surface area contributed by atoms with E-state index in [2.05, 4.69) is 27.7 Å².